The Morgan fingerprint density at radius 2 is 1.62 bits per heavy atom. The molecule has 0 saturated heterocycles. The van der Waals surface area contributed by atoms with Gasteiger partial charge < -0.3 is 5.11 Å². The molecule has 0 saturated carbocycles. The molecular weight excluding hydrogens is 222 g/mol. The van der Waals surface area contributed by atoms with E-state index in [1.54, 1.807) is 12.4 Å². The van der Waals surface area contributed by atoms with Crippen LogP contribution in [0.4, 0.5) is 0 Å². The topological polar surface area (TPSA) is 33.1 Å². The van der Waals surface area contributed by atoms with Crippen LogP contribution in [0, 0.1) is 0 Å². The van der Waals surface area contributed by atoms with Crippen LogP contribution in [-0.4, -0.2) is 10.1 Å². The normalized spacial score (nSPS) is 11.6. The van der Waals surface area contributed by atoms with Crippen LogP contribution in [0.1, 0.15) is 17.2 Å². The molecule has 0 bridgehead atoms. The summed E-state index contributed by atoms with van der Waals surface area (Å²) in [4.78, 5) is 3.92. The third-order valence-electron chi connectivity index (χ3n) is 2.36. The van der Waals surface area contributed by atoms with Crippen molar-refractivity contribution < 1.29 is 5.11 Å². The number of nitrogens with zero attached hydrogens (tertiary/aromatic N) is 1. The van der Waals surface area contributed by atoms with Gasteiger partial charge in [0.2, 0.25) is 0 Å². The van der Waals surface area contributed by atoms with E-state index in [0.29, 0.717) is 6.42 Å². The molecule has 2 rings (SSSR count). The lowest BCUT2D eigenvalue weighted by molar-refractivity contribution is 0.178. The SMILES string of the molecule is Cl.OC(Cc1ccccc1)c1ccncc1. The zero-order valence-electron chi connectivity index (χ0n) is 8.78. The van der Waals surface area contributed by atoms with Crippen molar-refractivity contribution in [2.24, 2.45) is 0 Å². The minimum absolute atomic E-state index is 0. The van der Waals surface area contributed by atoms with Crippen LogP contribution in [0.25, 0.3) is 0 Å². The Morgan fingerprint density at radius 3 is 2.25 bits per heavy atom. The third kappa shape index (κ3) is 3.33. The molecule has 0 radical (unpaired) electrons. The summed E-state index contributed by atoms with van der Waals surface area (Å²) in [6.07, 6.45) is 3.59. The van der Waals surface area contributed by atoms with Crippen LogP contribution in [0.2, 0.25) is 0 Å². The average molecular weight is 236 g/mol. The molecule has 1 aromatic carbocycles. The monoisotopic (exact) mass is 235 g/mol. The van der Waals surface area contributed by atoms with Crippen molar-refractivity contribution in [3.63, 3.8) is 0 Å². The second-order valence-electron chi connectivity index (χ2n) is 3.49. The molecule has 0 spiro atoms. The van der Waals surface area contributed by atoms with E-state index in [1.165, 1.54) is 0 Å². The summed E-state index contributed by atoms with van der Waals surface area (Å²) in [6.45, 7) is 0. The predicted molar refractivity (Wildman–Crippen MR) is 66.6 cm³/mol. The van der Waals surface area contributed by atoms with Gasteiger partial charge in [0.15, 0.2) is 0 Å². The van der Waals surface area contributed by atoms with Crippen molar-refractivity contribution in [1.82, 2.24) is 4.98 Å². The minimum Gasteiger partial charge on any atom is -0.388 e. The van der Waals surface area contributed by atoms with E-state index in [-0.39, 0.29) is 12.4 Å². The maximum Gasteiger partial charge on any atom is 0.0831 e. The number of rotatable bonds is 3. The average Bonchev–Trinajstić information content (AvgIpc) is 2.31. The lowest BCUT2D eigenvalue weighted by atomic mass is 10.0. The summed E-state index contributed by atoms with van der Waals surface area (Å²) in [5, 5.41) is 9.95. The van der Waals surface area contributed by atoms with Gasteiger partial charge in [-0.25, -0.2) is 0 Å². The van der Waals surface area contributed by atoms with Crippen LogP contribution in [0.5, 0.6) is 0 Å². The Labute approximate surface area is 101 Å². The summed E-state index contributed by atoms with van der Waals surface area (Å²) in [5.41, 5.74) is 2.05. The van der Waals surface area contributed by atoms with Crippen LogP contribution in [-0.2, 0) is 6.42 Å². The van der Waals surface area contributed by atoms with Gasteiger partial charge in [0, 0.05) is 18.8 Å². The second kappa shape index (κ2) is 6.26. The van der Waals surface area contributed by atoms with E-state index in [0.717, 1.165) is 11.1 Å². The quantitative estimate of drug-likeness (QED) is 0.888. The van der Waals surface area contributed by atoms with E-state index in [1.807, 2.05) is 42.5 Å². The highest BCUT2D eigenvalue weighted by molar-refractivity contribution is 5.85. The summed E-state index contributed by atoms with van der Waals surface area (Å²) >= 11 is 0. The fraction of sp³-hybridized carbons (Fsp3) is 0.154. The summed E-state index contributed by atoms with van der Waals surface area (Å²) < 4.78 is 0. The van der Waals surface area contributed by atoms with Crippen molar-refractivity contribution in [2.75, 3.05) is 0 Å². The molecule has 1 unspecified atom stereocenters. The summed E-state index contributed by atoms with van der Waals surface area (Å²) in [7, 11) is 0. The number of halogens is 1. The zero-order chi connectivity index (χ0) is 10.5. The molecule has 0 amide bonds. The Balaban J connectivity index is 0.00000128. The van der Waals surface area contributed by atoms with E-state index < -0.39 is 6.10 Å². The number of benzene rings is 1. The van der Waals surface area contributed by atoms with Crippen molar-refractivity contribution >= 4 is 12.4 Å². The van der Waals surface area contributed by atoms with Crippen LogP contribution < -0.4 is 0 Å². The summed E-state index contributed by atoms with van der Waals surface area (Å²) in [5.74, 6) is 0. The van der Waals surface area contributed by atoms with E-state index in [4.69, 9.17) is 0 Å². The molecule has 1 heterocycles. The fourth-order valence-corrected chi connectivity index (χ4v) is 1.54. The van der Waals surface area contributed by atoms with Gasteiger partial charge in [0.25, 0.3) is 0 Å². The molecule has 1 N–H and O–H groups in total. The van der Waals surface area contributed by atoms with Gasteiger partial charge in [-0.1, -0.05) is 30.3 Å². The number of hydrogen-bond donors (Lipinski definition) is 1. The predicted octanol–water partition coefficient (Wildman–Crippen LogP) is 2.78. The first-order valence-corrected chi connectivity index (χ1v) is 4.98. The van der Waals surface area contributed by atoms with Crippen molar-refractivity contribution in [2.45, 2.75) is 12.5 Å². The lowest BCUT2D eigenvalue weighted by Gasteiger charge is -2.10. The van der Waals surface area contributed by atoms with E-state index in [2.05, 4.69) is 4.98 Å². The maximum absolute atomic E-state index is 9.95. The molecule has 84 valence electrons. The second-order valence-corrected chi connectivity index (χ2v) is 3.49. The van der Waals surface area contributed by atoms with E-state index in [9.17, 15) is 5.11 Å². The van der Waals surface area contributed by atoms with Crippen LogP contribution in [0.3, 0.4) is 0 Å². The first-order chi connectivity index (χ1) is 7.36. The molecule has 0 aliphatic heterocycles. The highest BCUT2D eigenvalue weighted by Gasteiger charge is 2.07. The van der Waals surface area contributed by atoms with Crippen molar-refractivity contribution in [3.8, 4) is 0 Å². The van der Waals surface area contributed by atoms with Gasteiger partial charge >= 0.3 is 0 Å². The maximum atomic E-state index is 9.95. The number of aromatic nitrogens is 1. The molecular formula is C13H14ClNO. The molecule has 3 heteroatoms. The number of hydrogen-bond acceptors (Lipinski definition) is 2. The molecule has 2 nitrogen and oxygen atoms in total. The molecule has 0 aliphatic rings. The number of aliphatic hydroxyl groups excluding tert-OH is 1. The lowest BCUT2D eigenvalue weighted by Crippen LogP contribution is -2.01. The molecule has 2 aromatic rings. The molecule has 16 heavy (non-hydrogen) atoms. The summed E-state index contributed by atoms with van der Waals surface area (Å²) in [6, 6.07) is 13.7. The highest BCUT2D eigenvalue weighted by Crippen LogP contribution is 2.16. The smallest absolute Gasteiger partial charge is 0.0831 e. The molecule has 1 atom stereocenters. The first-order valence-electron chi connectivity index (χ1n) is 4.98. The molecule has 1 aromatic heterocycles. The molecule has 0 fully saturated rings. The van der Waals surface area contributed by atoms with Gasteiger partial charge in [0.05, 0.1) is 6.10 Å². The van der Waals surface area contributed by atoms with Gasteiger partial charge in [-0.05, 0) is 23.3 Å². The van der Waals surface area contributed by atoms with Gasteiger partial charge in [-0.3, -0.25) is 4.98 Å². The Kier molecular flexibility index (Phi) is 4.96. The van der Waals surface area contributed by atoms with Crippen LogP contribution >= 0.6 is 12.4 Å². The van der Waals surface area contributed by atoms with Crippen LogP contribution in [0.15, 0.2) is 54.9 Å². The largest absolute Gasteiger partial charge is 0.388 e. The van der Waals surface area contributed by atoms with E-state index >= 15 is 0 Å². The number of pyridine rings is 1. The standard InChI is InChI=1S/C13H13NO.ClH/c15-13(12-6-8-14-9-7-12)10-11-4-2-1-3-5-11;/h1-9,13,15H,10H2;1H. The molecule has 0 aliphatic carbocycles. The third-order valence-corrected chi connectivity index (χ3v) is 2.36. The van der Waals surface area contributed by atoms with Crippen molar-refractivity contribution in [1.29, 1.82) is 0 Å². The minimum atomic E-state index is -0.449. The van der Waals surface area contributed by atoms with Gasteiger partial charge in [-0.2, -0.15) is 0 Å². The highest BCUT2D eigenvalue weighted by atomic mass is 35.5. The number of aliphatic hydroxyl groups is 1. The Bertz CT molecular complexity index is 405. The Hall–Kier alpha value is -1.38. The Morgan fingerprint density at radius 1 is 1.00 bits per heavy atom. The van der Waals surface area contributed by atoms with Crippen molar-refractivity contribution in [3.05, 3.63) is 66.0 Å². The van der Waals surface area contributed by atoms with Gasteiger partial charge in [-0.15, -0.1) is 12.4 Å². The fourth-order valence-electron chi connectivity index (χ4n) is 1.54. The van der Waals surface area contributed by atoms with Gasteiger partial charge in [0.1, 0.15) is 0 Å². The first kappa shape index (κ1) is 12.7. The zero-order valence-corrected chi connectivity index (χ0v) is 9.60.